The molecule has 0 amide bonds. The van der Waals surface area contributed by atoms with Crippen molar-refractivity contribution in [1.29, 1.82) is 0 Å². The lowest BCUT2D eigenvalue weighted by molar-refractivity contribution is 1.18. The summed E-state index contributed by atoms with van der Waals surface area (Å²) in [4.78, 5) is 2.35. The average Bonchev–Trinajstić information content (AvgIpc) is 3.76. The maximum atomic E-state index is 2.41. The van der Waals surface area contributed by atoms with Crippen molar-refractivity contribution in [2.24, 2.45) is 0 Å². The van der Waals surface area contributed by atoms with Crippen molar-refractivity contribution < 1.29 is 0 Å². The van der Waals surface area contributed by atoms with Gasteiger partial charge in [0.15, 0.2) is 0 Å². The van der Waals surface area contributed by atoms with Crippen molar-refractivity contribution >= 4 is 71.2 Å². The molecule has 2 heteroatoms. The Morgan fingerprint density at radius 1 is 0.206 bits per heavy atom. The molecule has 0 aliphatic rings. The molecule has 13 rings (SSSR count). The zero-order chi connectivity index (χ0) is 45.0. The first-order valence-corrected chi connectivity index (χ1v) is 23.4. The molecular formula is C66H44N2. The Bertz CT molecular complexity index is 3850. The number of hydrogen-bond acceptors (Lipinski definition) is 1. The SMILES string of the molecule is c1ccc(-c2ccc(N(c3ccc(-c4ccccc4)cc3)c3ccc(-c4ccc5c(c4)c4ccccc4n5-c4ccc(-c5ccc6c7ccccc7c7ccccc7c6c5)cc4)cc3)cc2)cc1. The molecule has 0 unspecified atom stereocenters. The van der Waals surface area contributed by atoms with Crippen LogP contribution in [0.5, 0.6) is 0 Å². The Morgan fingerprint density at radius 2 is 0.529 bits per heavy atom. The standard InChI is InChI=1S/C66H44N2/c1-3-13-45(14-4-1)47-23-33-53(34-24-47)67(54-35-25-48(26-36-54)46-15-5-2-6-16-46)55-37-27-50(28-38-55)52-32-42-66-64(44-52)62-21-11-12-22-65(62)68(66)56-39-29-49(30-40-56)51-31-41-61-59-19-8-7-17-57(59)58-18-9-10-20-60(58)63(61)43-51/h1-44H. The van der Waals surface area contributed by atoms with E-state index >= 15 is 0 Å². The number of hydrogen-bond donors (Lipinski definition) is 0. The van der Waals surface area contributed by atoms with Crippen molar-refractivity contribution in [2.75, 3.05) is 4.90 Å². The largest absolute Gasteiger partial charge is 0.311 e. The molecular weight excluding hydrogens is 821 g/mol. The Labute approximate surface area is 395 Å². The van der Waals surface area contributed by atoms with Gasteiger partial charge in [0, 0.05) is 33.5 Å². The summed E-state index contributed by atoms with van der Waals surface area (Å²) in [7, 11) is 0. The highest BCUT2D eigenvalue weighted by molar-refractivity contribution is 6.25. The van der Waals surface area contributed by atoms with Gasteiger partial charge in [0.2, 0.25) is 0 Å². The van der Waals surface area contributed by atoms with E-state index in [0.717, 1.165) is 22.7 Å². The molecule has 0 saturated heterocycles. The molecule has 318 valence electrons. The summed E-state index contributed by atoms with van der Waals surface area (Å²) < 4.78 is 2.41. The second kappa shape index (κ2) is 16.5. The van der Waals surface area contributed by atoms with E-state index in [1.165, 1.54) is 98.6 Å². The smallest absolute Gasteiger partial charge is 0.0541 e. The molecule has 0 bridgehead atoms. The topological polar surface area (TPSA) is 8.17 Å². The number of aromatic nitrogens is 1. The summed E-state index contributed by atoms with van der Waals surface area (Å²) in [6.45, 7) is 0. The molecule has 68 heavy (non-hydrogen) atoms. The number of anilines is 3. The fraction of sp³-hybridized carbons (Fsp3) is 0. The molecule has 0 spiro atoms. The molecule has 1 aromatic heterocycles. The van der Waals surface area contributed by atoms with Gasteiger partial charge in [-0.3, -0.25) is 0 Å². The average molecular weight is 865 g/mol. The van der Waals surface area contributed by atoms with E-state index in [1.807, 2.05) is 0 Å². The molecule has 0 atom stereocenters. The Hall–Kier alpha value is -8.98. The molecule has 0 saturated carbocycles. The second-order valence-corrected chi connectivity index (χ2v) is 17.7. The molecule has 0 N–H and O–H groups in total. The van der Waals surface area contributed by atoms with Crippen LogP contribution in [-0.2, 0) is 0 Å². The van der Waals surface area contributed by atoms with Crippen LogP contribution in [0.25, 0.3) is 104 Å². The second-order valence-electron chi connectivity index (χ2n) is 17.7. The lowest BCUT2D eigenvalue weighted by atomic mass is 9.92. The fourth-order valence-corrected chi connectivity index (χ4v) is 10.4. The van der Waals surface area contributed by atoms with Gasteiger partial charge >= 0.3 is 0 Å². The number of fused-ring (bicyclic) bond motifs is 9. The number of para-hydroxylation sites is 1. The van der Waals surface area contributed by atoms with Crippen LogP contribution in [0, 0.1) is 0 Å². The van der Waals surface area contributed by atoms with E-state index < -0.39 is 0 Å². The number of rotatable bonds is 8. The van der Waals surface area contributed by atoms with Crippen LogP contribution in [0.15, 0.2) is 267 Å². The van der Waals surface area contributed by atoms with E-state index in [1.54, 1.807) is 0 Å². The van der Waals surface area contributed by atoms with Gasteiger partial charge in [-0.15, -0.1) is 0 Å². The molecule has 0 aliphatic carbocycles. The highest BCUT2D eigenvalue weighted by Crippen LogP contribution is 2.41. The first-order valence-electron chi connectivity index (χ1n) is 23.4. The van der Waals surface area contributed by atoms with Crippen molar-refractivity contribution in [3.05, 3.63) is 267 Å². The minimum absolute atomic E-state index is 1.10. The summed E-state index contributed by atoms with van der Waals surface area (Å²) in [6, 6.07) is 97.3. The zero-order valence-electron chi connectivity index (χ0n) is 37.3. The van der Waals surface area contributed by atoms with Gasteiger partial charge in [0.1, 0.15) is 0 Å². The maximum absolute atomic E-state index is 2.41. The van der Waals surface area contributed by atoms with Gasteiger partial charge in [-0.25, -0.2) is 0 Å². The Balaban J connectivity index is 0.840. The lowest BCUT2D eigenvalue weighted by Gasteiger charge is -2.26. The summed E-state index contributed by atoms with van der Waals surface area (Å²) in [5.74, 6) is 0. The van der Waals surface area contributed by atoms with Gasteiger partial charge in [-0.1, -0.05) is 194 Å². The Morgan fingerprint density at radius 3 is 1.03 bits per heavy atom. The summed E-state index contributed by atoms with van der Waals surface area (Å²) in [5.41, 5.74) is 16.4. The van der Waals surface area contributed by atoms with Gasteiger partial charge in [0.25, 0.3) is 0 Å². The summed E-state index contributed by atoms with van der Waals surface area (Å²) in [5, 5.41) is 10.2. The van der Waals surface area contributed by atoms with E-state index in [2.05, 4.69) is 276 Å². The van der Waals surface area contributed by atoms with Crippen LogP contribution in [0.2, 0.25) is 0 Å². The molecule has 0 aliphatic heterocycles. The highest BCUT2D eigenvalue weighted by atomic mass is 15.1. The molecule has 12 aromatic carbocycles. The normalized spacial score (nSPS) is 11.5. The molecule has 0 fully saturated rings. The molecule has 2 nitrogen and oxygen atoms in total. The van der Waals surface area contributed by atoms with Crippen LogP contribution in [0.3, 0.4) is 0 Å². The monoisotopic (exact) mass is 864 g/mol. The fourth-order valence-electron chi connectivity index (χ4n) is 10.4. The molecule has 13 aromatic rings. The third-order valence-corrected chi connectivity index (χ3v) is 13.8. The highest BCUT2D eigenvalue weighted by Gasteiger charge is 2.17. The lowest BCUT2D eigenvalue weighted by Crippen LogP contribution is -2.09. The predicted octanol–water partition coefficient (Wildman–Crippen LogP) is 18.4. The van der Waals surface area contributed by atoms with Crippen molar-refractivity contribution in [3.63, 3.8) is 0 Å². The van der Waals surface area contributed by atoms with Crippen molar-refractivity contribution in [3.8, 4) is 50.2 Å². The summed E-state index contributed by atoms with van der Waals surface area (Å²) in [6.07, 6.45) is 0. The first-order chi connectivity index (χ1) is 33.7. The predicted molar refractivity (Wildman–Crippen MR) is 290 cm³/mol. The zero-order valence-corrected chi connectivity index (χ0v) is 37.3. The van der Waals surface area contributed by atoms with E-state index in [9.17, 15) is 0 Å². The van der Waals surface area contributed by atoms with Crippen LogP contribution in [0.4, 0.5) is 17.1 Å². The third kappa shape index (κ3) is 6.82. The van der Waals surface area contributed by atoms with Crippen LogP contribution in [0.1, 0.15) is 0 Å². The van der Waals surface area contributed by atoms with Gasteiger partial charge in [-0.2, -0.15) is 0 Å². The maximum Gasteiger partial charge on any atom is 0.0541 e. The van der Waals surface area contributed by atoms with Crippen molar-refractivity contribution in [1.82, 2.24) is 4.57 Å². The van der Waals surface area contributed by atoms with Gasteiger partial charge < -0.3 is 9.47 Å². The molecule has 0 radical (unpaired) electrons. The quantitative estimate of drug-likeness (QED) is 0.138. The Kier molecular flexibility index (Phi) is 9.54. The van der Waals surface area contributed by atoms with Crippen molar-refractivity contribution in [2.45, 2.75) is 0 Å². The minimum atomic E-state index is 1.10. The van der Waals surface area contributed by atoms with Crippen LogP contribution >= 0.6 is 0 Å². The van der Waals surface area contributed by atoms with Gasteiger partial charge in [-0.05, 0) is 150 Å². The third-order valence-electron chi connectivity index (χ3n) is 13.8. The molecule has 1 heterocycles. The van der Waals surface area contributed by atoms with E-state index in [-0.39, 0.29) is 0 Å². The van der Waals surface area contributed by atoms with Crippen LogP contribution < -0.4 is 4.90 Å². The number of benzene rings is 12. The number of nitrogens with zero attached hydrogens (tertiary/aromatic N) is 2. The first kappa shape index (κ1) is 39.4. The van der Waals surface area contributed by atoms with Gasteiger partial charge in [0.05, 0.1) is 11.0 Å². The van der Waals surface area contributed by atoms with E-state index in [4.69, 9.17) is 0 Å². The van der Waals surface area contributed by atoms with E-state index in [0.29, 0.717) is 0 Å². The minimum Gasteiger partial charge on any atom is -0.311 e. The van der Waals surface area contributed by atoms with Crippen LogP contribution in [-0.4, -0.2) is 4.57 Å². The summed E-state index contributed by atoms with van der Waals surface area (Å²) >= 11 is 0.